The maximum atomic E-state index is 14.7. The molecule has 4 saturated carbocycles. The zero-order valence-electron chi connectivity index (χ0n) is 42.8. The molecule has 19 nitrogen and oxygen atoms in total. The summed E-state index contributed by atoms with van der Waals surface area (Å²) in [6.45, 7) is 16.6. The Morgan fingerprint density at radius 1 is 0.662 bits per heavy atom. The Bertz CT molecular complexity index is 1940. The van der Waals surface area contributed by atoms with Crippen LogP contribution in [-0.2, 0) is 42.7 Å². The van der Waals surface area contributed by atoms with Crippen LogP contribution in [-0.4, -0.2) is 181 Å². The molecule has 3 aliphatic heterocycles. The van der Waals surface area contributed by atoms with Gasteiger partial charge in [-0.25, -0.2) is 4.79 Å². The third-order valence-electron chi connectivity index (χ3n) is 20.0. The lowest BCUT2D eigenvalue weighted by molar-refractivity contribution is -0.365. The van der Waals surface area contributed by atoms with E-state index in [-0.39, 0.29) is 46.0 Å². The smallest absolute Gasteiger partial charge is 0.338 e. The van der Waals surface area contributed by atoms with E-state index in [9.17, 15) is 60.7 Å². The van der Waals surface area contributed by atoms with E-state index in [1.165, 1.54) is 5.57 Å². The molecule has 0 aromatic rings. The van der Waals surface area contributed by atoms with E-state index in [0.29, 0.717) is 25.7 Å². The molecule has 8 rings (SSSR count). The summed E-state index contributed by atoms with van der Waals surface area (Å²) in [7, 11) is 0. The zero-order valence-corrected chi connectivity index (χ0v) is 42.8. The number of aliphatic hydroxyl groups is 10. The summed E-state index contributed by atoms with van der Waals surface area (Å²) in [5, 5.41) is 107. The number of esters is 2. The van der Waals surface area contributed by atoms with E-state index in [1.807, 2.05) is 6.92 Å². The van der Waals surface area contributed by atoms with Gasteiger partial charge in [0.2, 0.25) is 6.29 Å². The van der Waals surface area contributed by atoms with Crippen LogP contribution in [0.25, 0.3) is 0 Å². The van der Waals surface area contributed by atoms with Gasteiger partial charge in [-0.3, -0.25) is 4.79 Å². The Morgan fingerprint density at radius 3 is 1.90 bits per heavy atom. The molecule has 19 heteroatoms. The second kappa shape index (κ2) is 20.2. The van der Waals surface area contributed by atoms with Gasteiger partial charge >= 0.3 is 11.9 Å². The molecule has 0 unspecified atom stereocenters. The molecule has 23 atom stereocenters. The van der Waals surface area contributed by atoms with Crippen LogP contribution in [0.1, 0.15) is 132 Å². The van der Waals surface area contributed by atoms with Gasteiger partial charge in [0.15, 0.2) is 18.7 Å². The Hall–Kier alpha value is -1.92. The summed E-state index contributed by atoms with van der Waals surface area (Å²) in [5.74, 6) is -1.21. The molecule has 406 valence electrons. The SMILES string of the molecule is CCCCOC(=O)[C@H]1O[C@@H](O[C@H]2CC[C@]3(C)[C@H]4CC=C5[C@@H]6CC(C)(C)CC[C@]6(C(=O)O[C@@H]6O[C@H](CO)[C@@H](O)[C@H](O)[C@H]6O)CC[C@@]5(C)[C@]4(C)CC[C@H]3C2(C)C)[C@H](O)[C@@H](O[C@@H]2O[C@H](CO)[C@H](O)[C@H](O)[C@H]2O)[C@@H]1O. The standard InChI is InChI=1S/C52H84O19/c1-9-10-21-65-42(63)41-38(61)40(69-43-36(59)34(57)32(55)27(23-53)66-43)39(62)45(70-41)68-31-14-15-49(6)29(48(31,4)5)13-16-51(8)30(49)12-11-25-26-22-47(2,3)17-19-52(26,20-18-50(25,51)7)46(64)71-44-37(60)35(58)33(56)28(24-54)67-44/h11,26-41,43-45,53-62H,9-10,12-24H2,1-8H3/t26-,27+,28+,29-,30+,31-,32-,33+,34-,35-,36+,37+,38-,39+,40-,41-,43-,44-,45+,49-,50+,51+,52-/m0/s1. The summed E-state index contributed by atoms with van der Waals surface area (Å²) in [5.41, 5.74) is -0.889. The number of ether oxygens (including phenoxy) is 7. The van der Waals surface area contributed by atoms with E-state index >= 15 is 0 Å². The predicted molar refractivity (Wildman–Crippen MR) is 249 cm³/mol. The molecule has 0 bridgehead atoms. The van der Waals surface area contributed by atoms with Crippen molar-refractivity contribution in [3.05, 3.63) is 11.6 Å². The number of carbonyl (C=O) groups excluding carboxylic acids is 2. The van der Waals surface area contributed by atoms with Crippen LogP contribution in [0.4, 0.5) is 0 Å². The van der Waals surface area contributed by atoms with Crippen LogP contribution in [0.15, 0.2) is 11.6 Å². The third kappa shape index (κ3) is 9.17. The molecule has 3 heterocycles. The van der Waals surface area contributed by atoms with E-state index in [0.717, 1.165) is 51.4 Å². The van der Waals surface area contributed by atoms with Crippen LogP contribution < -0.4 is 0 Å². The van der Waals surface area contributed by atoms with Gasteiger partial charge in [-0.05, 0) is 115 Å². The average molecular weight is 1010 g/mol. The number of rotatable bonds is 12. The van der Waals surface area contributed by atoms with Gasteiger partial charge in [-0.1, -0.05) is 73.5 Å². The quantitative estimate of drug-likeness (QED) is 0.0573. The molecule has 10 N–H and O–H groups in total. The lowest BCUT2D eigenvalue weighted by atomic mass is 9.33. The molecule has 0 aromatic heterocycles. The van der Waals surface area contributed by atoms with Crippen molar-refractivity contribution in [1.29, 1.82) is 0 Å². The third-order valence-corrected chi connectivity index (χ3v) is 20.0. The Balaban J connectivity index is 1.04. The van der Waals surface area contributed by atoms with Crippen molar-refractivity contribution in [2.75, 3.05) is 19.8 Å². The molecule has 8 aliphatic rings. The largest absolute Gasteiger partial charge is 0.464 e. The second-order valence-corrected chi connectivity index (χ2v) is 24.7. The Kier molecular flexibility index (Phi) is 15.8. The van der Waals surface area contributed by atoms with Gasteiger partial charge in [-0.2, -0.15) is 0 Å². The fraction of sp³-hybridized carbons (Fsp3) is 0.923. The molecule has 0 aromatic carbocycles. The summed E-state index contributed by atoms with van der Waals surface area (Å²) in [6, 6.07) is 0. The highest BCUT2D eigenvalue weighted by molar-refractivity contribution is 5.79. The predicted octanol–water partition coefficient (Wildman–Crippen LogP) is 1.49. The molecule has 0 radical (unpaired) electrons. The van der Waals surface area contributed by atoms with E-state index < -0.39 is 134 Å². The number of carbonyl (C=O) groups is 2. The Labute approximate surface area is 417 Å². The number of fused-ring (bicyclic) bond motifs is 7. The Morgan fingerprint density at radius 2 is 1.27 bits per heavy atom. The second-order valence-electron chi connectivity index (χ2n) is 24.7. The molecule has 0 spiro atoms. The maximum absolute atomic E-state index is 14.7. The van der Waals surface area contributed by atoms with Gasteiger partial charge < -0.3 is 84.2 Å². The van der Waals surface area contributed by atoms with Crippen LogP contribution in [0.5, 0.6) is 0 Å². The van der Waals surface area contributed by atoms with Crippen molar-refractivity contribution in [3.8, 4) is 0 Å². The number of allylic oxidation sites excluding steroid dienone is 2. The molecule has 7 fully saturated rings. The fourth-order valence-corrected chi connectivity index (χ4v) is 15.4. The lowest BCUT2D eigenvalue weighted by Crippen LogP contribution is -2.67. The zero-order chi connectivity index (χ0) is 52.0. The van der Waals surface area contributed by atoms with Gasteiger partial charge in [0.25, 0.3) is 0 Å². The van der Waals surface area contributed by atoms with Crippen molar-refractivity contribution in [1.82, 2.24) is 0 Å². The number of aliphatic hydroxyl groups excluding tert-OH is 10. The van der Waals surface area contributed by atoms with Gasteiger partial charge in [0.05, 0.1) is 31.3 Å². The monoisotopic (exact) mass is 1010 g/mol. The first-order valence-electron chi connectivity index (χ1n) is 26.3. The van der Waals surface area contributed by atoms with Crippen molar-refractivity contribution >= 4 is 11.9 Å². The van der Waals surface area contributed by atoms with Crippen LogP contribution in [0.3, 0.4) is 0 Å². The molecule has 3 saturated heterocycles. The first kappa shape index (κ1) is 55.3. The van der Waals surface area contributed by atoms with Crippen molar-refractivity contribution in [2.24, 2.45) is 50.2 Å². The molecule has 0 amide bonds. The first-order valence-corrected chi connectivity index (χ1v) is 26.3. The minimum Gasteiger partial charge on any atom is -0.464 e. The average Bonchev–Trinajstić information content (AvgIpc) is 3.32. The number of unbranched alkanes of at least 4 members (excludes halogenated alkanes) is 1. The minimum atomic E-state index is -1.85. The highest BCUT2D eigenvalue weighted by Crippen LogP contribution is 2.76. The number of hydrogen-bond acceptors (Lipinski definition) is 19. The minimum absolute atomic E-state index is 0.0531. The van der Waals surface area contributed by atoms with E-state index in [4.69, 9.17) is 33.2 Å². The molecular weight excluding hydrogens is 929 g/mol. The van der Waals surface area contributed by atoms with E-state index in [1.54, 1.807) is 0 Å². The summed E-state index contributed by atoms with van der Waals surface area (Å²) < 4.78 is 41.5. The maximum Gasteiger partial charge on any atom is 0.338 e. The van der Waals surface area contributed by atoms with E-state index in [2.05, 4.69) is 54.5 Å². The molecular formula is C52H84O19. The topological polar surface area (TPSA) is 301 Å². The van der Waals surface area contributed by atoms with Crippen molar-refractivity contribution in [3.63, 3.8) is 0 Å². The summed E-state index contributed by atoms with van der Waals surface area (Å²) in [6.07, 6.45) is -14.2. The van der Waals surface area contributed by atoms with Gasteiger partial charge in [0, 0.05) is 0 Å². The van der Waals surface area contributed by atoms with Crippen LogP contribution in [0, 0.1) is 50.2 Å². The van der Waals surface area contributed by atoms with Crippen LogP contribution in [0.2, 0.25) is 0 Å². The molecule has 5 aliphatic carbocycles. The lowest BCUT2D eigenvalue weighted by Gasteiger charge is -2.71. The normalized spacial score (nSPS) is 50.3. The fourth-order valence-electron chi connectivity index (χ4n) is 15.4. The van der Waals surface area contributed by atoms with Crippen molar-refractivity contribution in [2.45, 2.75) is 231 Å². The van der Waals surface area contributed by atoms with Gasteiger partial charge in [-0.15, -0.1) is 0 Å². The number of hydrogen-bond donors (Lipinski definition) is 10. The summed E-state index contributed by atoms with van der Waals surface area (Å²) >= 11 is 0. The van der Waals surface area contributed by atoms with Crippen LogP contribution >= 0.6 is 0 Å². The first-order chi connectivity index (χ1) is 33.3. The van der Waals surface area contributed by atoms with Gasteiger partial charge in [0.1, 0.15) is 67.1 Å². The highest BCUT2D eigenvalue weighted by atomic mass is 16.7. The highest BCUT2D eigenvalue weighted by Gasteiger charge is 2.70. The molecule has 71 heavy (non-hydrogen) atoms. The van der Waals surface area contributed by atoms with Crippen molar-refractivity contribution < 1.29 is 93.8 Å². The summed E-state index contributed by atoms with van der Waals surface area (Å²) in [4.78, 5) is 28.2.